The Bertz CT molecular complexity index is 323. The van der Waals surface area contributed by atoms with E-state index in [2.05, 4.69) is 36.3 Å². The zero-order valence-corrected chi connectivity index (χ0v) is 11.7. The first-order valence-corrected chi connectivity index (χ1v) is 7.65. The Balaban J connectivity index is 2.10. The van der Waals surface area contributed by atoms with E-state index in [1.54, 1.807) is 0 Å². The molecule has 0 spiro atoms. The average Bonchev–Trinajstić information content (AvgIpc) is 2.80. The van der Waals surface area contributed by atoms with Gasteiger partial charge in [0.25, 0.3) is 0 Å². The van der Waals surface area contributed by atoms with E-state index < -0.39 is 0 Å². The molecular formula is C14H24N2S. The number of rotatable bonds is 4. The summed E-state index contributed by atoms with van der Waals surface area (Å²) in [5.41, 5.74) is 6.06. The molecule has 1 aromatic heterocycles. The van der Waals surface area contributed by atoms with E-state index in [9.17, 15) is 0 Å². The van der Waals surface area contributed by atoms with E-state index in [0.717, 1.165) is 19.4 Å². The number of nitrogens with zero attached hydrogens (tertiary/aromatic N) is 1. The van der Waals surface area contributed by atoms with E-state index in [0.29, 0.717) is 18.1 Å². The van der Waals surface area contributed by atoms with Crippen LogP contribution < -0.4 is 5.73 Å². The average molecular weight is 252 g/mol. The van der Waals surface area contributed by atoms with Crippen LogP contribution in [-0.4, -0.2) is 23.5 Å². The Kier molecular flexibility index (Phi) is 4.60. The van der Waals surface area contributed by atoms with Crippen LogP contribution in [0.3, 0.4) is 0 Å². The fourth-order valence-corrected chi connectivity index (χ4v) is 3.80. The van der Waals surface area contributed by atoms with Crippen molar-refractivity contribution in [2.45, 2.75) is 57.7 Å². The predicted molar refractivity (Wildman–Crippen MR) is 75.3 cm³/mol. The summed E-state index contributed by atoms with van der Waals surface area (Å²) in [5.74, 6) is 0. The fourth-order valence-electron chi connectivity index (χ4n) is 2.92. The molecule has 0 bridgehead atoms. The van der Waals surface area contributed by atoms with Crippen molar-refractivity contribution in [1.82, 2.24) is 4.90 Å². The largest absolute Gasteiger partial charge is 0.328 e. The second-order valence-electron chi connectivity index (χ2n) is 5.19. The standard InChI is InChI=1S/C14H24N2S/c1-3-5-13(14-6-4-9-17-14)16-8-7-12(15)10-11(16)2/h4,6,9,11-13H,3,5,7-8,10,15H2,1-2H3. The second-order valence-corrected chi connectivity index (χ2v) is 6.17. The highest BCUT2D eigenvalue weighted by atomic mass is 32.1. The summed E-state index contributed by atoms with van der Waals surface area (Å²) in [6.45, 7) is 5.77. The highest BCUT2D eigenvalue weighted by molar-refractivity contribution is 7.10. The molecule has 1 fully saturated rings. The fraction of sp³-hybridized carbons (Fsp3) is 0.714. The summed E-state index contributed by atoms with van der Waals surface area (Å²) in [5, 5.41) is 2.19. The number of nitrogens with two attached hydrogens (primary N) is 1. The lowest BCUT2D eigenvalue weighted by molar-refractivity contribution is 0.0916. The van der Waals surface area contributed by atoms with Gasteiger partial charge >= 0.3 is 0 Å². The summed E-state index contributed by atoms with van der Waals surface area (Å²) in [7, 11) is 0. The molecule has 17 heavy (non-hydrogen) atoms. The van der Waals surface area contributed by atoms with E-state index in [1.807, 2.05) is 11.3 Å². The molecule has 1 aromatic rings. The smallest absolute Gasteiger partial charge is 0.0444 e. The third-order valence-corrected chi connectivity index (χ3v) is 4.78. The Labute approximate surface area is 109 Å². The maximum absolute atomic E-state index is 6.06. The lowest BCUT2D eigenvalue weighted by atomic mass is 9.95. The van der Waals surface area contributed by atoms with Crippen molar-refractivity contribution < 1.29 is 0 Å². The molecule has 3 unspecified atom stereocenters. The van der Waals surface area contributed by atoms with Crippen LogP contribution in [0, 0.1) is 0 Å². The lowest BCUT2D eigenvalue weighted by Gasteiger charge is -2.41. The molecule has 2 heterocycles. The van der Waals surface area contributed by atoms with Crippen molar-refractivity contribution in [3.05, 3.63) is 22.4 Å². The van der Waals surface area contributed by atoms with Crippen molar-refractivity contribution in [3.8, 4) is 0 Å². The first-order chi connectivity index (χ1) is 8.22. The molecule has 0 aromatic carbocycles. The molecule has 2 rings (SSSR count). The number of hydrogen-bond acceptors (Lipinski definition) is 3. The van der Waals surface area contributed by atoms with Gasteiger partial charge in [-0.25, -0.2) is 0 Å². The van der Waals surface area contributed by atoms with Crippen molar-refractivity contribution in [1.29, 1.82) is 0 Å². The first kappa shape index (κ1) is 13.1. The van der Waals surface area contributed by atoms with Gasteiger partial charge in [0.1, 0.15) is 0 Å². The van der Waals surface area contributed by atoms with Gasteiger partial charge in [-0.3, -0.25) is 4.90 Å². The minimum atomic E-state index is 0.409. The van der Waals surface area contributed by atoms with Crippen molar-refractivity contribution in [3.63, 3.8) is 0 Å². The molecule has 2 nitrogen and oxygen atoms in total. The third-order valence-electron chi connectivity index (χ3n) is 3.80. The Hall–Kier alpha value is -0.380. The van der Waals surface area contributed by atoms with Gasteiger partial charge in [-0.2, -0.15) is 0 Å². The quantitative estimate of drug-likeness (QED) is 0.890. The van der Waals surface area contributed by atoms with Gasteiger partial charge in [-0.15, -0.1) is 11.3 Å². The summed E-state index contributed by atoms with van der Waals surface area (Å²) in [4.78, 5) is 4.19. The molecule has 3 heteroatoms. The Morgan fingerprint density at radius 1 is 1.59 bits per heavy atom. The summed E-state index contributed by atoms with van der Waals surface area (Å²) in [6, 6.07) is 6.10. The van der Waals surface area contributed by atoms with E-state index in [-0.39, 0.29) is 0 Å². The molecule has 0 saturated carbocycles. The van der Waals surface area contributed by atoms with Gasteiger partial charge in [0, 0.05) is 29.5 Å². The van der Waals surface area contributed by atoms with Crippen molar-refractivity contribution in [2.24, 2.45) is 5.73 Å². The third kappa shape index (κ3) is 3.09. The zero-order valence-electron chi connectivity index (χ0n) is 10.9. The number of thiophene rings is 1. The first-order valence-electron chi connectivity index (χ1n) is 6.77. The van der Waals surface area contributed by atoms with Gasteiger partial charge < -0.3 is 5.73 Å². The van der Waals surface area contributed by atoms with Crippen molar-refractivity contribution in [2.75, 3.05) is 6.54 Å². The molecule has 0 radical (unpaired) electrons. The van der Waals surface area contributed by atoms with Crippen LogP contribution in [0.5, 0.6) is 0 Å². The normalized spacial score (nSPS) is 28.2. The molecular weight excluding hydrogens is 228 g/mol. The van der Waals surface area contributed by atoms with E-state index in [4.69, 9.17) is 5.73 Å². The Morgan fingerprint density at radius 2 is 2.41 bits per heavy atom. The summed E-state index contributed by atoms with van der Waals surface area (Å²) >= 11 is 1.89. The highest BCUT2D eigenvalue weighted by Gasteiger charge is 2.29. The number of likely N-dealkylation sites (tertiary alicyclic amines) is 1. The predicted octanol–water partition coefficient (Wildman–Crippen LogP) is 3.40. The van der Waals surface area contributed by atoms with Crippen molar-refractivity contribution >= 4 is 11.3 Å². The molecule has 3 atom stereocenters. The molecule has 2 N–H and O–H groups in total. The second kappa shape index (κ2) is 5.98. The Morgan fingerprint density at radius 3 is 3.00 bits per heavy atom. The highest BCUT2D eigenvalue weighted by Crippen LogP contribution is 2.33. The van der Waals surface area contributed by atoms with Gasteiger partial charge in [0.05, 0.1) is 0 Å². The molecule has 1 aliphatic heterocycles. The zero-order chi connectivity index (χ0) is 12.3. The SMILES string of the molecule is CCCC(c1cccs1)N1CCC(N)CC1C. The molecule has 0 aliphatic carbocycles. The van der Waals surface area contributed by atoms with Gasteiger partial charge in [-0.05, 0) is 37.6 Å². The van der Waals surface area contributed by atoms with Crippen LogP contribution in [-0.2, 0) is 0 Å². The molecule has 96 valence electrons. The van der Waals surface area contributed by atoms with E-state index in [1.165, 1.54) is 17.7 Å². The summed E-state index contributed by atoms with van der Waals surface area (Å²) in [6.07, 6.45) is 4.81. The van der Waals surface area contributed by atoms with Crippen LogP contribution in [0.2, 0.25) is 0 Å². The maximum atomic E-state index is 6.06. The lowest BCUT2D eigenvalue weighted by Crippen LogP contribution is -2.46. The monoisotopic (exact) mass is 252 g/mol. The molecule has 1 saturated heterocycles. The van der Waals surface area contributed by atoms with Crippen LogP contribution in [0.4, 0.5) is 0 Å². The summed E-state index contributed by atoms with van der Waals surface area (Å²) < 4.78 is 0. The van der Waals surface area contributed by atoms with Crippen LogP contribution in [0.1, 0.15) is 50.4 Å². The molecule has 1 aliphatic rings. The van der Waals surface area contributed by atoms with E-state index >= 15 is 0 Å². The van der Waals surface area contributed by atoms with Crippen LogP contribution >= 0.6 is 11.3 Å². The minimum absolute atomic E-state index is 0.409. The number of piperidine rings is 1. The van der Waals surface area contributed by atoms with Crippen LogP contribution in [0.25, 0.3) is 0 Å². The maximum Gasteiger partial charge on any atom is 0.0444 e. The van der Waals surface area contributed by atoms with Gasteiger partial charge in [0.15, 0.2) is 0 Å². The minimum Gasteiger partial charge on any atom is -0.328 e. The number of hydrogen-bond donors (Lipinski definition) is 1. The van der Waals surface area contributed by atoms with Gasteiger partial charge in [-0.1, -0.05) is 19.4 Å². The molecule has 0 amide bonds. The van der Waals surface area contributed by atoms with Gasteiger partial charge in [0.2, 0.25) is 0 Å². The topological polar surface area (TPSA) is 29.3 Å². The van der Waals surface area contributed by atoms with Crippen LogP contribution in [0.15, 0.2) is 17.5 Å².